The van der Waals surface area contributed by atoms with Gasteiger partial charge in [0.2, 0.25) is 0 Å². The van der Waals surface area contributed by atoms with Crippen molar-refractivity contribution in [2.75, 3.05) is 6.54 Å². The summed E-state index contributed by atoms with van der Waals surface area (Å²) in [6.45, 7) is 1.56. The standard InChI is InChI=1S/C15H13N5O2S/c21-20(22)12-8-10(7-11-3-1-2-4-16-11)14-13(9-12)19-6-5-17-23-15(19)18-14/h1-4,8-9,17H,5-7H2. The van der Waals surface area contributed by atoms with E-state index in [2.05, 4.69) is 14.7 Å². The highest BCUT2D eigenvalue weighted by Crippen LogP contribution is 2.31. The molecule has 0 unspecified atom stereocenters. The fourth-order valence-electron chi connectivity index (χ4n) is 2.76. The molecule has 23 heavy (non-hydrogen) atoms. The molecule has 3 aromatic rings. The van der Waals surface area contributed by atoms with Crippen LogP contribution in [0.4, 0.5) is 5.69 Å². The average Bonchev–Trinajstić information content (AvgIpc) is 2.95. The highest BCUT2D eigenvalue weighted by atomic mass is 32.2. The maximum atomic E-state index is 11.3. The highest BCUT2D eigenvalue weighted by molar-refractivity contribution is 7.97. The van der Waals surface area contributed by atoms with Crippen molar-refractivity contribution < 1.29 is 4.92 Å². The number of nitro benzene ring substituents is 1. The molecule has 1 aliphatic heterocycles. The molecule has 1 N–H and O–H groups in total. The Morgan fingerprint density at radius 1 is 1.39 bits per heavy atom. The second kappa shape index (κ2) is 5.64. The molecule has 7 nitrogen and oxygen atoms in total. The molecule has 1 aromatic carbocycles. The maximum absolute atomic E-state index is 11.3. The lowest BCUT2D eigenvalue weighted by atomic mass is 10.1. The molecule has 0 saturated carbocycles. The van der Waals surface area contributed by atoms with Crippen LogP contribution < -0.4 is 4.72 Å². The summed E-state index contributed by atoms with van der Waals surface area (Å²) in [6.07, 6.45) is 2.25. The lowest BCUT2D eigenvalue weighted by Gasteiger charge is -2.14. The SMILES string of the molecule is O=[N+]([O-])c1cc(Cc2ccccn2)c2nc3n(c2c1)CCNS3. The molecule has 0 atom stereocenters. The summed E-state index contributed by atoms with van der Waals surface area (Å²) in [5.41, 5.74) is 3.41. The number of nitrogens with zero attached hydrogens (tertiary/aromatic N) is 4. The topological polar surface area (TPSA) is 85.9 Å². The molecule has 0 spiro atoms. The summed E-state index contributed by atoms with van der Waals surface area (Å²) < 4.78 is 5.23. The minimum atomic E-state index is -0.352. The van der Waals surface area contributed by atoms with Crippen LogP contribution in [0.2, 0.25) is 0 Å². The molecule has 4 rings (SSSR count). The summed E-state index contributed by atoms with van der Waals surface area (Å²) >= 11 is 1.46. The van der Waals surface area contributed by atoms with Crippen LogP contribution in [0.15, 0.2) is 41.7 Å². The number of rotatable bonds is 3. The third kappa shape index (κ3) is 2.55. The predicted molar refractivity (Wildman–Crippen MR) is 87.3 cm³/mol. The van der Waals surface area contributed by atoms with Crippen LogP contribution in [0.25, 0.3) is 11.0 Å². The minimum absolute atomic E-state index is 0.0923. The molecular formula is C15H13N5O2S. The summed E-state index contributed by atoms with van der Waals surface area (Å²) in [6, 6.07) is 8.89. The fraction of sp³-hybridized carbons (Fsp3) is 0.200. The lowest BCUT2D eigenvalue weighted by Crippen LogP contribution is -2.20. The van der Waals surface area contributed by atoms with Crippen LogP contribution in [0.5, 0.6) is 0 Å². The van der Waals surface area contributed by atoms with Crippen LogP contribution in [0.3, 0.4) is 0 Å². The molecule has 0 amide bonds. The van der Waals surface area contributed by atoms with Gasteiger partial charge in [0.05, 0.1) is 16.0 Å². The second-order valence-corrected chi connectivity index (χ2v) is 6.13. The van der Waals surface area contributed by atoms with Gasteiger partial charge in [-0.2, -0.15) is 0 Å². The van der Waals surface area contributed by atoms with Crippen molar-refractivity contribution in [1.29, 1.82) is 0 Å². The molecule has 0 bridgehead atoms. The van der Waals surface area contributed by atoms with E-state index >= 15 is 0 Å². The third-order valence-corrected chi connectivity index (χ3v) is 4.63. The van der Waals surface area contributed by atoms with Gasteiger partial charge in [-0.1, -0.05) is 6.07 Å². The van der Waals surface area contributed by atoms with Crippen molar-refractivity contribution in [3.8, 4) is 0 Å². The van der Waals surface area contributed by atoms with Gasteiger partial charge >= 0.3 is 0 Å². The minimum Gasteiger partial charge on any atom is -0.316 e. The molecule has 8 heteroatoms. The van der Waals surface area contributed by atoms with Crippen LogP contribution in [-0.4, -0.2) is 26.0 Å². The van der Waals surface area contributed by atoms with E-state index in [-0.39, 0.29) is 10.6 Å². The maximum Gasteiger partial charge on any atom is 0.271 e. The van der Waals surface area contributed by atoms with Gasteiger partial charge in [0.1, 0.15) is 0 Å². The van der Waals surface area contributed by atoms with Crippen molar-refractivity contribution in [2.45, 2.75) is 18.1 Å². The Morgan fingerprint density at radius 2 is 2.30 bits per heavy atom. The summed E-state index contributed by atoms with van der Waals surface area (Å²) in [7, 11) is 0. The smallest absolute Gasteiger partial charge is 0.271 e. The zero-order valence-electron chi connectivity index (χ0n) is 12.1. The second-order valence-electron chi connectivity index (χ2n) is 5.27. The largest absolute Gasteiger partial charge is 0.316 e. The summed E-state index contributed by atoms with van der Waals surface area (Å²) in [4.78, 5) is 19.9. The molecule has 0 radical (unpaired) electrons. The number of benzene rings is 1. The van der Waals surface area contributed by atoms with E-state index in [0.717, 1.165) is 40.5 Å². The van der Waals surface area contributed by atoms with E-state index in [4.69, 9.17) is 0 Å². The highest BCUT2D eigenvalue weighted by Gasteiger charge is 2.21. The van der Waals surface area contributed by atoms with Gasteiger partial charge < -0.3 is 4.57 Å². The zero-order valence-corrected chi connectivity index (χ0v) is 12.9. The van der Waals surface area contributed by atoms with Gasteiger partial charge in [-0.25, -0.2) is 4.98 Å². The van der Waals surface area contributed by atoms with E-state index in [9.17, 15) is 10.1 Å². The van der Waals surface area contributed by atoms with E-state index in [1.165, 1.54) is 11.9 Å². The van der Waals surface area contributed by atoms with Crippen molar-refractivity contribution in [3.05, 3.63) is 57.9 Å². The Kier molecular flexibility index (Phi) is 3.47. The first-order valence-electron chi connectivity index (χ1n) is 7.19. The quantitative estimate of drug-likeness (QED) is 0.452. The number of aromatic nitrogens is 3. The third-order valence-electron chi connectivity index (χ3n) is 3.79. The number of hydrogen-bond acceptors (Lipinski definition) is 6. The number of non-ortho nitro benzene ring substituents is 1. The Morgan fingerprint density at radius 3 is 3.09 bits per heavy atom. The van der Waals surface area contributed by atoms with Crippen molar-refractivity contribution in [1.82, 2.24) is 19.3 Å². The van der Waals surface area contributed by atoms with Crippen LogP contribution in [-0.2, 0) is 13.0 Å². The van der Waals surface area contributed by atoms with Crippen molar-refractivity contribution in [2.24, 2.45) is 0 Å². The van der Waals surface area contributed by atoms with Crippen LogP contribution in [0, 0.1) is 10.1 Å². The first-order valence-corrected chi connectivity index (χ1v) is 8.01. The average molecular weight is 327 g/mol. The molecule has 2 aromatic heterocycles. The Bertz CT molecular complexity index is 894. The summed E-state index contributed by atoms with van der Waals surface area (Å²) in [5.74, 6) is 0. The summed E-state index contributed by atoms with van der Waals surface area (Å²) in [5, 5.41) is 12.1. The number of hydrogen-bond donors (Lipinski definition) is 1. The molecule has 116 valence electrons. The van der Waals surface area contributed by atoms with Gasteiger partial charge in [0.15, 0.2) is 5.16 Å². The van der Waals surface area contributed by atoms with Crippen molar-refractivity contribution in [3.63, 3.8) is 0 Å². The molecule has 0 aliphatic carbocycles. The Balaban J connectivity index is 1.90. The monoisotopic (exact) mass is 327 g/mol. The van der Waals surface area contributed by atoms with Gasteiger partial charge in [-0.15, -0.1) is 0 Å². The van der Waals surface area contributed by atoms with E-state index in [1.807, 2.05) is 22.8 Å². The molecule has 0 fully saturated rings. The van der Waals surface area contributed by atoms with E-state index < -0.39 is 0 Å². The molecule has 0 saturated heterocycles. The first kappa shape index (κ1) is 14.2. The number of fused-ring (bicyclic) bond motifs is 3. The number of nitrogens with one attached hydrogen (secondary N) is 1. The van der Waals surface area contributed by atoms with Crippen LogP contribution in [0.1, 0.15) is 11.3 Å². The molecular weight excluding hydrogens is 314 g/mol. The van der Waals surface area contributed by atoms with Gasteiger partial charge in [0, 0.05) is 43.5 Å². The molecule has 3 heterocycles. The van der Waals surface area contributed by atoms with Crippen LogP contribution >= 0.6 is 11.9 Å². The van der Waals surface area contributed by atoms with Gasteiger partial charge in [-0.05, 0) is 29.6 Å². The molecule has 1 aliphatic rings. The number of imidazole rings is 1. The fourth-order valence-corrected chi connectivity index (χ4v) is 3.52. The zero-order chi connectivity index (χ0) is 15.8. The predicted octanol–water partition coefficient (Wildman–Crippen LogP) is 2.54. The Hall–Kier alpha value is -2.45. The number of nitro groups is 1. The Labute approximate surface area is 136 Å². The van der Waals surface area contributed by atoms with Gasteiger partial charge in [0.25, 0.3) is 5.69 Å². The van der Waals surface area contributed by atoms with Gasteiger partial charge in [-0.3, -0.25) is 19.8 Å². The van der Waals surface area contributed by atoms with E-state index in [0.29, 0.717) is 6.42 Å². The lowest BCUT2D eigenvalue weighted by molar-refractivity contribution is -0.384. The number of pyridine rings is 1. The van der Waals surface area contributed by atoms with E-state index in [1.54, 1.807) is 18.3 Å². The normalized spacial score (nSPS) is 13.9. The van der Waals surface area contributed by atoms with Crippen molar-refractivity contribution >= 4 is 28.7 Å². The first-order chi connectivity index (χ1) is 11.2.